The second kappa shape index (κ2) is 5.65. The topological polar surface area (TPSA) is 15.3 Å². The third kappa shape index (κ3) is 2.88. The summed E-state index contributed by atoms with van der Waals surface area (Å²) in [4.78, 5) is 2.59. The Hall–Kier alpha value is -0.860. The van der Waals surface area contributed by atoms with Crippen molar-refractivity contribution in [3.8, 4) is 0 Å². The van der Waals surface area contributed by atoms with Gasteiger partial charge in [-0.25, -0.2) is 0 Å². The molecule has 0 radical (unpaired) electrons. The maximum absolute atomic E-state index is 3.54. The van der Waals surface area contributed by atoms with Gasteiger partial charge < -0.3 is 5.32 Å². The van der Waals surface area contributed by atoms with Crippen LogP contribution in [-0.2, 0) is 6.54 Å². The van der Waals surface area contributed by atoms with Crippen LogP contribution in [0, 0.1) is 5.92 Å². The lowest BCUT2D eigenvalue weighted by atomic mass is 9.95. The molecule has 1 aliphatic heterocycles. The molecule has 2 heteroatoms. The minimum atomic E-state index is 0.548. The van der Waals surface area contributed by atoms with Crippen molar-refractivity contribution >= 4 is 0 Å². The third-order valence-electron chi connectivity index (χ3n) is 3.51. The van der Waals surface area contributed by atoms with E-state index in [1.54, 1.807) is 0 Å². The molecule has 1 aromatic carbocycles. The molecule has 1 N–H and O–H groups in total. The highest BCUT2D eigenvalue weighted by molar-refractivity contribution is 5.32. The molecule has 2 rings (SSSR count). The Bertz CT molecular complexity index is 360. The number of fused-ring (bicyclic) bond motifs is 1. The van der Waals surface area contributed by atoms with Gasteiger partial charge in [0.1, 0.15) is 0 Å². The number of likely N-dealkylation sites (N-methyl/N-ethyl adjacent to an activating group) is 1. The van der Waals surface area contributed by atoms with Crippen molar-refractivity contribution in [2.24, 2.45) is 5.92 Å². The summed E-state index contributed by atoms with van der Waals surface area (Å²) in [6.45, 7) is 11.3. The van der Waals surface area contributed by atoms with Crippen molar-refractivity contribution < 1.29 is 0 Å². The van der Waals surface area contributed by atoms with Gasteiger partial charge in [0, 0.05) is 25.7 Å². The van der Waals surface area contributed by atoms with Gasteiger partial charge in [-0.15, -0.1) is 0 Å². The van der Waals surface area contributed by atoms with E-state index in [1.165, 1.54) is 17.7 Å². The highest BCUT2D eigenvalue weighted by atomic mass is 15.2. The molecule has 17 heavy (non-hydrogen) atoms. The molecule has 1 aromatic rings. The number of benzene rings is 1. The molecule has 0 spiro atoms. The zero-order valence-electron chi connectivity index (χ0n) is 11.2. The smallest absolute Gasteiger partial charge is 0.0475 e. The van der Waals surface area contributed by atoms with Crippen molar-refractivity contribution in [2.45, 2.75) is 33.4 Å². The average molecular weight is 232 g/mol. The number of nitrogens with zero attached hydrogens (tertiary/aromatic N) is 1. The summed E-state index contributed by atoms with van der Waals surface area (Å²) in [5.41, 5.74) is 2.99. The van der Waals surface area contributed by atoms with Crippen LogP contribution in [0.5, 0.6) is 0 Å². The van der Waals surface area contributed by atoms with Crippen molar-refractivity contribution in [2.75, 3.05) is 19.6 Å². The highest BCUT2D eigenvalue weighted by Crippen LogP contribution is 2.27. The summed E-state index contributed by atoms with van der Waals surface area (Å²) in [6, 6.07) is 9.40. The van der Waals surface area contributed by atoms with Crippen LogP contribution in [0.2, 0.25) is 0 Å². The maximum atomic E-state index is 3.54. The fourth-order valence-electron chi connectivity index (χ4n) is 2.75. The lowest BCUT2D eigenvalue weighted by Gasteiger charge is -2.36. The van der Waals surface area contributed by atoms with Crippen LogP contribution in [0.4, 0.5) is 0 Å². The number of hydrogen-bond donors (Lipinski definition) is 1. The Labute approximate surface area is 105 Å². The van der Waals surface area contributed by atoms with E-state index >= 15 is 0 Å². The molecular weight excluding hydrogens is 208 g/mol. The van der Waals surface area contributed by atoms with E-state index in [2.05, 4.69) is 55.3 Å². The zero-order chi connectivity index (χ0) is 12.3. The summed E-state index contributed by atoms with van der Waals surface area (Å²) in [6.07, 6.45) is 0. The van der Waals surface area contributed by atoms with E-state index in [9.17, 15) is 0 Å². The molecular formula is C15H24N2. The monoisotopic (exact) mass is 232 g/mol. The van der Waals surface area contributed by atoms with Gasteiger partial charge >= 0.3 is 0 Å². The Morgan fingerprint density at radius 1 is 1.35 bits per heavy atom. The second-order valence-electron chi connectivity index (χ2n) is 5.33. The Morgan fingerprint density at radius 2 is 2.12 bits per heavy atom. The van der Waals surface area contributed by atoms with Crippen LogP contribution in [0.15, 0.2) is 24.3 Å². The van der Waals surface area contributed by atoms with Gasteiger partial charge in [-0.3, -0.25) is 4.90 Å². The van der Waals surface area contributed by atoms with Crippen LogP contribution in [-0.4, -0.2) is 24.5 Å². The molecule has 1 unspecified atom stereocenters. The van der Waals surface area contributed by atoms with Crippen molar-refractivity contribution in [1.82, 2.24) is 10.2 Å². The van der Waals surface area contributed by atoms with Crippen molar-refractivity contribution in [3.05, 3.63) is 35.4 Å². The summed E-state index contributed by atoms with van der Waals surface area (Å²) < 4.78 is 0. The normalized spacial score (nSPS) is 19.7. The summed E-state index contributed by atoms with van der Waals surface area (Å²) >= 11 is 0. The molecule has 1 atom stereocenters. The first-order chi connectivity index (χ1) is 8.22. The number of rotatable bonds is 4. The quantitative estimate of drug-likeness (QED) is 0.858. The zero-order valence-corrected chi connectivity index (χ0v) is 11.2. The molecule has 2 nitrogen and oxygen atoms in total. The van der Waals surface area contributed by atoms with E-state index in [-0.39, 0.29) is 0 Å². The van der Waals surface area contributed by atoms with Crippen molar-refractivity contribution in [3.63, 3.8) is 0 Å². The Kier molecular flexibility index (Phi) is 4.19. The minimum Gasteiger partial charge on any atom is -0.311 e. The molecule has 0 saturated heterocycles. The van der Waals surface area contributed by atoms with Gasteiger partial charge in [0.25, 0.3) is 0 Å². The summed E-state index contributed by atoms with van der Waals surface area (Å²) in [5, 5.41) is 3.54. The fraction of sp³-hybridized carbons (Fsp3) is 0.600. The molecule has 0 saturated carbocycles. The SMILES string of the molecule is CCN(CC(C)C)C1CNCc2ccccc21. The Balaban J connectivity index is 2.21. The van der Waals surface area contributed by atoms with Gasteiger partial charge in [0.15, 0.2) is 0 Å². The predicted molar refractivity (Wildman–Crippen MR) is 73.0 cm³/mol. The van der Waals surface area contributed by atoms with E-state index in [1.807, 2.05) is 0 Å². The molecule has 0 bridgehead atoms. The standard InChI is InChI=1S/C15H24N2/c1-4-17(11-12(2)3)15-10-16-9-13-7-5-6-8-14(13)15/h5-8,12,15-16H,4,9-11H2,1-3H3. The maximum Gasteiger partial charge on any atom is 0.0475 e. The molecule has 0 aliphatic carbocycles. The van der Waals surface area contributed by atoms with E-state index in [4.69, 9.17) is 0 Å². The third-order valence-corrected chi connectivity index (χ3v) is 3.51. The van der Waals surface area contributed by atoms with Crippen molar-refractivity contribution in [1.29, 1.82) is 0 Å². The molecule has 1 heterocycles. The molecule has 0 fully saturated rings. The Morgan fingerprint density at radius 3 is 2.82 bits per heavy atom. The number of nitrogens with one attached hydrogen (secondary N) is 1. The summed E-state index contributed by atoms with van der Waals surface area (Å²) in [7, 11) is 0. The first kappa shape index (κ1) is 12.6. The van der Waals surface area contributed by atoms with Crippen LogP contribution >= 0.6 is 0 Å². The predicted octanol–water partition coefficient (Wildman–Crippen LogP) is 2.81. The first-order valence-corrected chi connectivity index (χ1v) is 6.75. The molecule has 1 aliphatic rings. The minimum absolute atomic E-state index is 0.548. The molecule has 94 valence electrons. The van der Waals surface area contributed by atoms with Gasteiger partial charge in [0.05, 0.1) is 0 Å². The van der Waals surface area contributed by atoms with Gasteiger partial charge in [0.2, 0.25) is 0 Å². The van der Waals surface area contributed by atoms with E-state index < -0.39 is 0 Å². The van der Waals surface area contributed by atoms with Gasteiger partial charge in [-0.1, -0.05) is 45.0 Å². The van der Waals surface area contributed by atoms with Crippen LogP contribution in [0.3, 0.4) is 0 Å². The summed E-state index contributed by atoms with van der Waals surface area (Å²) in [5.74, 6) is 0.726. The second-order valence-corrected chi connectivity index (χ2v) is 5.33. The lowest BCUT2D eigenvalue weighted by Crippen LogP contribution is -2.41. The van der Waals surface area contributed by atoms with Crippen LogP contribution in [0.25, 0.3) is 0 Å². The van der Waals surface area contributed by atoms with Gasteiger partial charge in [-0.05, 0) is 23.6 Å². The molecule has 0 amide bonds. The van der Waals surface area contributed by atoms with Gasteiger partial charge in [-0.2, -0.15) is 0 Å². The van der Waals surface area contributed by atoms with E-state index in [0.29, 0.717) is 6.04 Å². The lowest BCUT2D eigenvalue weighted by molar-refractivity contribution is 0.174. The highest BCUT2D eigenvalue weighted by Gasteiger charge is 2.24. The van der Waals surface area contributed by atoms with Crippen LogP contribution < -0.4 is 5.32 Å². The molecule has 0 aromatic heterocycles. The largest absolute Gasteiger partial charge is 0.311 e. The average Bonchev–Trinajstić information content (AvgIpc) is 2.35. The first-order valence-electron chi connectivity index (χ1n) is 6.75. The van der Waals surface area contributed by atoms with Crippen LogP contribution in [0.1, 0.15) is 37.9 Å². The number of hydrogen-bond acceptors (Lipinski definition) is 2. The fourth-order valence-corrected chi connectivity index (χ4v) is 2.75. The van der Waals surface area contributed by atoms with E-state index in [0.717, 1.165) is 25.6 Å².